The molecule has 0 saturated heterocycles. The van der Waals surface area contributed by atoms with E-state index in [1.165, 1.54) is 11.1 Å². The molecule has 8 nitrogen and oxygen atoms in total. The fourth-order valence-electron chi connectivity index (χ4n) is 2.79. The Morgan fingerprint density at radius 3 is 2.59 bits per heavy atom. The summed E-state index contributed by atoms with van der Waals surface area (Å²) in [4.78, 5) is 30.7. The molecule has 1 N–H and O–H groups in total. The quantitative estimate of drug-likeness (QED) is 0.746. The molecule has 0 spiro atoms. The number of aryl methyl sites for hydroxylation is 2. The third-order valence-electron chi connectivity index (χ3n) is 4.11. The molecule has 3 aromatic rings. The molecule has 2 heterocycles. The molecule has 3 rings (SSSR count). The molecule has 0 saturated carbocycles. The lowest BCUT2D eigenvalue weighted by atomic mass is 10.2. The van der Waals surface area contributed by atoms with E-state index in [9.17, 15) is 9.59 Å². The minimum absolute atomic E-state index is 0.0903. The Balaban J connectivity index is 1.71. The second kappa shape index (κ2) is 7.45. The van der Waals surface area contributed by atoms with Gasteiger partial charge in [-0.25, -0.2) is 9.50 Å². The molecule has 0 aliphatic carbocycles. The number of carbonyl (C=O) groups is 2. The van der Waals surface area contributed by atoms with Crippen LogP contribution in [0.5, 0.6) is 5.75 Å². The maximum absolute atomic E-state index is 12.7. The van der Waals surface area contributed by atoms with Crippen molar-refractivity contribution < 1.29 is 14.3 Å². The van der Waals surface area contributed by atoms with Crippen molar-refractivity contribution in [2.75, 3.05) is 26.0 Å². The van der Waals surface area contributed by atoms with Crippen molar-refractivity contribution in [3.63, 3.8) is 0 Å². The molecule has 2 amide bonds. The van der Waals surface area contributed by atoms with Gasteiger partial charge in [-0.15, -0.1) is 0 Å². The predicted molar refractivity (Wildman–Crippen MR) is 101 cm³/mol. The number of likely N-dealkylation sites (N-methyl/N-ethyl adjacent to an activating group) is 1. The Morgan fingerprint density at radius 1 is 1.22 bits per heavy atom. The maximum Gasteiger partial charge on any atom is 0.259 e. The highest BCUT2D eigenvalue weighted by Gasteiger charge is 2.20. The number of rotatable bonds is 5. The number of nitrogens with zero attached hydrogens (tertiary/aromatic N) is 4. The van der Waals surface area contributed by atoms with Gasteiger partial charge in [0.25, 0.3) is 5.91 Å². The Bertz CT molecular complexity index is 994. The molecule has 0 aliphatic heterocycles. The monoisotopic (exact) mass is 367 g/mol. The fraction of sp³-hybridized carbons (Fsp3) is 0.263. The SMILES string of the molecule is COc1ccc(NC(=O)CN(C)C(=O)c2cnn3c(C)cc(C)nc23)cc1. The average Bonchev–Trinajstić information content (AvgIpc) is 3.05. The summed E-state index contributed by atoms with van der Waals surface area (Å²) < 4.78 is 6.70. The lowest BCUT2D eigenvalue weighted by molar-refractivity contribution is -0.116. The molecule has 2 aromatic heterocycles. The summed E-state index contributed by atoms with van der Waals surface area (Å²) in [6, 6.07) is 8.86. The van der Waals surface area contributed by atoms with E-state index in [1.54, 1.807) is 42.9 Å². The van der Waals surface area contributed by atoms with Gasteiger partial charge in [-0.1, -0.05) is 0 Å². The maximum atomic E-state index is 12.7. The van der Waals surface area contributed by atoms with Crippen molar-refractivity contribution in [3.8, 4) is 5.75 Å². The second-order valence-electron chi connectivity index (χ2n) is 6.27. The number of aromatic nitrogens is 3. The van der Waals surface area contributed by atoms with Crippen LogP contribution < -0.4 is 10.1 Å². The summed E-state index contributed by atoms with van der Waals surface area (Å²) in [7, 11) is 3.15. The number of fused-ring (bicyclic) bond motifs is 1. The van der Waals surface area contributed by atoms with Crippen LogP contribution in [-0.2, 0) is 4.79 Å². The van der Waals surface area contributed by atoms with Crippen molar-refractivity contribution in [1.29, 1.82) is 0 Å². The van der Waals surface area contributed by atoms with E-state index in [0.717, 1.165) is 11.4 Å². The number of benzene rings is 1. The van der Waals surface area contributed by atoms with Crippen LogP contribution >= 0.6 is 0 Å². The van der Waals surface area contributed by atoms with Crippen LogP contribution in [0.4, 0.5) is 5.69 Å². The van der Waals surface area contributed by atoms with Gasteiger partial charge in [0.2, 0.25) is 5.91 Å². The van der Waals surface area contributed by atoms with Crippen molar-refractivity contribution in [2.45, 2.75) is 13.8 Å². The first kappa shape index (κ1) is 18.4. The molecule has 0 radical (unpaired) electrons. The summed E-state index contributed by atoms with van der Waals surface area (Å²) >= 11 is 0. The zero-order valence-corrected chi connectivity index (χ0v) is 15.7. The predicted octanol–water partition coefficient (Wildman–Crippen LogP) is 2.07. The van der Waals surface area contributed by atoms with Crippen LogP contribution in [0.1, 0.15) is 21.7 Å². The molecule has 8 heteroatoms. The van der Waals surface area contributed by atoms with Crippen LogP contribution in [0.3, 0.4) is 0 Å². The van der Waals surface area contributed by atoms with Crippen molar-refractivity contribution in [1.82, 2.24) is 19.5 Å². The Kier molecular flexibility index (Phi) is 5.07. The van der Waals surface area contributed by atoms with Crippen LogP contribution in [0.15, 0.2) is 36.5 Å². The summed E-state index contributed by atoms with van der Waals surface area (Å²) in [5.41, 5.74) is 3.16. The van der Waals surface area contributed by atoms with E-state index in [0.29, 0.717) is 22.6 Å². The first-order chi connectivity index (χ1) is 12.9. The van der Waals surface area contributed by atoms with Gasteiger partial charge in [0.05, 0.1) is 19.9 Å². The van der Waals surface area contributed by atoms with Gasteiger partial charge >= 0.3 is 0 Å². The van der Waals surface area contributed by atoms with E-state index in [1.807, 2.05) is 19.9 Å². The zero-order chi connectivity index (χ0) is 19.6. The van der Waals surface area contributed by atoms with Gasteiger partial charge in [-0.05, 0) is 44.2 Å². The number of ether oxygens (including phenoxy) is 1. The standard InChI is InChI=1S/C19H21N5O3/c1-12-9-13(2)24-18(21-12)16(10-20-24)19(26)23(3)11-17(25)22-14-5-7-15(27-4)8-6-14/h5-10H,11H2,1-4H3,(H,22,25). The van der Waals surface area contributed by atoms with Gasteiger partial charge in [0.15, 0.2) is 5.65 Å². The third-order valence-corrected chi connectivity index (χ3v) is 4.11. The van der Waals surface area contributed by atoms with Crippen LogP contribution in [0, 0.1) is 13.8 Å². The first-order valence-electron chi connectivity index (χ1n) is 8.40. The van der Waals surface area contributed by atoms with Crippen molar-refractivity contribution in [2.24, 2.45) is 0 Å². The van der Waals surface area contributed by atoms with Gasteiger partial charge in [-0.3, -0.25) is 9.59 Å². The highest BCUT2D eigenvalue weighted by atomic mass is 16.5. The zero-order valence-electron chi connectivity index (χ0n) is 15.7. The Labute approximate surface area is 156 Å². The Hall–Kier alpha value is -3.42. The van der Waals surface area contributed by atoms with Gasteiger partial charge in [-0.2, -0.15) is 5.10 Å². The van der Waals surface area contributed by atoms with Crippen LogP contribution in [0.25, 0.3) is 5.65 Å². The number of hydrogen-bond acceptors (Lipinski definition) is 5. The van der Waals surface area contributed by atoms with Crippen LogP contribution in [-0.4, -0.2) is 52.0 Å². The third kappa shape index (κ3) is 3.89. The van der Waals surface area contributed by atoms with E-state index < -0.39 is 0 Å². The molecule has 27 heavy (non-hydrogen) atoms. The molecule has 140 valence electrons. The number of hydrogen-bond donors (Lipinski definition) is 1. The van der Waals surface area contributed by atoms with E-state index in [4.69, 9.17) is 4.74 Å². The molecule has 0 atom stereocenters. The van der Waals surface area contributed by atoms with Crippen molar-refractivity contribution in [3.05, 3.63) is 53.5 Å². The normalized spacial score (nSPS) is 10.7. The molecule has 0 unspecified atom stereocenters. The minimum atomic E-state index is -0.313. The number of carbonyl (C=O) groups excluding carboxylic acids is 2. The summed E-state index contributed by atoms with van der Waals surface area (Å²) in [5.74, 6) is 0.0895. The van der Waals surface area contributed by atoms with Gasteiger partial charge in [0, 0.05) is 24.1 Å². The lowest BCUT2D eigenvalue weighted by Crippen LogP contribution is -2.35. The summed E-state index contributed by atoms with van der Waals surface area (Å²) in [5, 5.41) is 6.98. The molecular weight excluding hydrogens is 346 g/mol. The molecular formula is C19H21N5O3. The minimum Gasteiger partial charge on any atom is -0.497 e. The fourth-order valence-corrected chi connectivity index (χ4v) is 2.79. The smallest absolute Gasteiger partial charge is 0.259 e. The number of anilines is 1. The second-order valence-corrected chi connectivity index (χ2v) is 6.27. The molecule has 0 bridgehead atoms. The van der Waals surface area contributed by atoms with E-state index in [-0.39, 0.29) is 18.4 Å². The molecule has 0 aliphatic rings. The van der Waals surface area contributed by atoms with Crippen molar-refractivity contribution >= 4 is 23.1 Å². The highest BCUT2D eigenvalue weighted by molar-refractivity contribution is 6.02. The lowest BCUT2D eigenvalue weighted by Gasteiger charge is -2.16. The van der Waals surface area contributed by atoms with E-state index in [2.05, 4.69) is 15.4 Å². The Morgan fingerprint density at radius 2 is 1.93 bits per heavy atom. The van der Waals surface area contributed by atoms with E-state index >= 15 is 0 Å². The average molecular weight is 367 g/mol. The molecule has 0 fully saturated rings. The van der Waals surface area contributed by atoms with Gasteiger partial charge < -0.3 is 15.0 Å². The van der Waals surface area contributed by atoms with Crippen LogP contribution in [0.2, 0.25) is 0 Å². The number of methoxy groups -OCH3 is 1. The first-order valence-corrected chi connectivity index (χ1v) is 8.40. The largest absolute Gasteiger partial charge is 0.497 e. The summed E-state index contributed by atoms with van der Waals surface area (Å²) in [6.45, 7) is 3.67. The highest BCUT2D eigenvalue weighted by Crippen LogP contribution is 2.16. The topological polar surface area (TPSA) is 88.8 Å². The van der Waals surface area contributed by atoms with Gasteiger partial charge in [0.1, 0.15) is 11.3 Å². The number of amides is 2. The number of nitrogens with one attached hydrogen (secondary N) is 1. The molecule has 1 aromatic carbocycles. The summed E-state index contributed by atoms with van der Waals surface area (Å²) in [6.07, 6.45) is 1.48.